The monoisotopic (exact) mass is 324 g/mol. The van der Waals surface area contributed by atoms with Gasteiger partial charge in [0.25, 0.3) is 5.91 Å². The van der Waals surface area contributed by atoms with E-state index < -0.39 is 5.91 Å². The molecule has 0 radical (unpaired) electrons. The van der Waals surface area contributed by atoms with E-state index >= 15 is 0 Å². The van der Waals surface area contributed by atoms with Gasteiger partial charge in [-0.25, -0.2) is 4.98 Å². The van der Waals surface area contributed by atoms with Gasteiger partial charge >= 0.3 is 0 Å². The number of benzene rings is 1. The van der Waals surface area contributed by atoms with E-state index in [1.807, 2.05) is 0 Å². The Hall–Kier alpha value is -3.26. The molecule has 8 nitrogen and oxygen atoms in total. The van der Waals surface area contributed by atoms with Crippen molar-refractivity contribution in [2.45, 2.75) is 13.0 Å². The highest BCUT2D eigenvalue weighted by Gasteiger charge is 2.16. The molecule has 6 N–H and O–H groups in total. The first-order chi connectivity index (χ1) is 11.5. The number of pyridine rings is 1. The van der Waals surface area contributed by atoms with Crippen molar-refractivity contribution in [1.82, 2.24) is 15.2 Å². The second kappa shape index (κ2) is 6.09. The van der Waals surface area contributed by atoms with Crippen molar-refractivity contribution in [2.75, 3.05) is 5.32 Å². The summed E-state index contributed by atoms with van der Waals surface area (Å²) in [6, 6.07) is 5.99. The SMILES string of the molecule is CC(N)c1ccc(C(=O)Nc2ccnc3[nH]ncc23)cc1C(N)=O. The van der Waals surface area contributed by atoms with Gasteiger partial charge in [0.1, 0.15) is 0 Å². The fraction of sp³-hybridized carbons (Fsp3) is 0.125. The smallest absolute Gasteiger partial charge is 0.255 e. The summed E-state index contributed by atoms with van der Waals surface area (Å²) in [6.07, 6.45) is 3.14. The number of aromatic nitrogens is 3. The van der Waals surface area contributed by atoms with Crippen molar-refractivity contribution in [2.24, 2.45) is 11.5 Å². The third-order valence-corrected chi connectivity index (χ3v) is 3.67. The molecule has 122 valence electrons. The average Bonchev–Trinajstić information content (AvgIpc) is 3.03. The molecule has 0 spiro atoms. The van der Waals surface area contributed by atoms with Crippen LogP contribution in [-0.4, -0.2) is 27.0 Å². The van der Waals surface area contributed by atoms with Crippen LogP contribution in [0.25, 0.3) is 11.0 Å². The van der Waals surface area contributed by atoms with Crippen LogP contribution < -0.4 is 16.8 Å². The van der Waals surface area contributed by atoms with Crippen LogP contribution in [0.4, 0.5) is 5.69 Å². The number of anilines is 1. The van der Waals surface area contributed by atoms with E-state index in [9.17, 15) is 9.59 Å². The predicted octanol–water partition coefficient (Wildman–Crippen LogP) is 1.33. The highest BCUT2D eigenvalue weighted by atomic mass is 16.2. The van der Waals surface area contributed by atoms with Crippen LogP contribution >= 0.6 is 0 Å². The van der Waals surface area contributed by atoms with E-state index in [0.29, 0.717) is 27.8 Å². The Bertz CT molecular complexity index is 931. The Kier molecular flexibility index (Phi) is 3.97. The maximum atomic E-state index is 12.5. The fourth-order valence-corrected chi connectivity index (χ4v) is 2.46. The molecular weight excluding hydrogens is 308 g/mol. The number of nitrogens with two attached hydrogens (primary N) is 2. The summed E-state index contributed by atoms with van der Waals surface area (Å²) in [5.74, 6) is -1.000. The Morgan fingerprint density at radius 1 is 1.29 bits per heavy atom. The number of primary amides is 1. The molecule has 0 aliphatic rings. The predicted molar refractivity (Wildman–Crippen MR) is 89.4 cm³/mol. The normalized spacial score (nSPS) is 12.1. The van der Waals surface area contributed by atoms with Crippen molar-refractivity contribution in [3.63, 3.8) is 0 Å². The lowest BCUT2D eigenvalue weighted by molar-refractivity contribution is 0.0999. The molecule has 0 aliphatic carbocycles. The Morgan fingerprint density at radius 2 is 2.08 bits per heavy atom. The number of hydrogen-bond donors (Lipinski definition) is 4. The van der Waals surface area contributed by atoms with Gasteiger partial charge in [-0.1, -0.05) is 6.07 Å². The fourth-order valence-electron chi connectivity index (χ4n) is 2.46. The first-order valence-electron chi connectivity index (χ1n) is 7.26. The molecule has 0 fully saturated rings. The van der Waals surface area contributed by atoms with Crippen molar-refractivity contribution < 1.29 is 9.59 Å². The van der Waals surface area contributed by atoms with Crippen LogP contribution in [0.3, 0.4) is 0 Å². The molecule has 2 amide bonds. The largest absolute Gasteiger partial charge is 0.366 e. The van der Waals surface area contributed by atoms with Crippen molar-refractivity contribution in [3.8, 4) is 0 Å². The van der Waals surface area contributed by atoms with Crippen LogP contribution in [0.1, 0.15) is 39.2 Å². The first-order valence-corrected chi connectivity index (χ1v) is 7.26. The molecule has 3 aromatic rings. The molecule has 0 saturated heterocycles. The Labute approximate surface area is 137 Å². The van der Waals surface area contributed by atoms with Gasteiger partial charge in [0.05, 0.1) is 17.3 Å². The lowest BCUT2D eigenvalue weighted by Crippen LogP contribution is -2.20. The number of nitrogens with zero attached hydrogens (tertiary/aromatic N) is 2. The van der Waals surface area contributed by atoms with Gasteiger partial charge in [-0.3, -0.25) is 14.7 Å². The molecule has 0 bridgehead atoms. The molecule has 0 saturated carbocycles. The van der Waals surface area contributed by atoms with E-state index in [1.165, 1.54) is 6.07 Å². The third-order valence-electron chi connectivity index (χ3n) is 3.67. The summed E-state index contributed by atoms with van der Waals surface area (Å²) in [7, 11) is 0. The average molecular weight is 324 g/mol. The van der Waals surface area contributed by atoms with Crippen LogP contribution in [0.5, 0.6) is 0 Å². The molecule has 2 heterocycles. The van der Waals surface area contributed by atoms with Crippen LogP contribution in [0.2, 0.25) is 0 Å². The topological polar surface area (TPSA) is 140 Å². The minimum absolute atomic E-state index is 0.237. The zero-order chi connectivity index (χ0) is 17.3. The minimum Gasteiger partial charge on any atom is -0.366 e. The van der Waals surface area contributed by atoms with Crippen molar-refractivity contribution in [1.29, 1.82) is 0 Å². The molecule has 1 atom stereocenters. The lowest BCUT2D eigenvalue weighted by atomic mass is 9.98. The van der Waals surface area contributed by atoms with E-state index in [-0.39, 0.29) is 17.5 Å². The lowest BCUT2D eigenvalue weighted by Gasteiger charge is -2.12. The van der Waals surface area contributed by atoms with Crippen LogP contribution in [-0.2, 0) is 0 Å². The van der Waals surface area contributed by atoms with Crippen LogP contribution in [0.15, 0.2) is 36.7 Å². The Balaban J connectivity index is 1.94. The number of aromatic amines is 1. The highest BCUT2D eigenvalue weighted by Crippen LogP contribution is 2.22. The summed E-state index contributed by atoms with van der Waals surface area (Å²) in [5.41, 5.74) is 13.5. The van der Waals surface area contributed by atoms with Gasteiger partial charge in [-0.15, -0.1) is 0 Å². The van der Waals surface area contributed by atoms with Crippen LogP contribution in [0, 0.1) is 0 Å². The number of fused-ring (bicyclic) bond motifs is 1. The van der Waals surface area contributed by atoms with Gasteiger partial charge in [0.2, 0.25) is 5.91 Å². The number of nitrogens with one attached hydrogen (secondary N) is 2. The quantitative estimate of drug-likeness (QED) is 0.573. The zero-order valence-corrected chi connectivity index (χ0v) is 12.9. The van der Waals surface area contributed by atoms with E-state index in [4.69, 9.17) is 11.5 Å². The summed E-state index contributed by atoms with van der Waals surface area (Å²) in [5, 5.41) is 10.1. The molecule has 1 aromatic carbocycles. The molecule has 0 aliphatic heterocycles. The van der Waals surface area contributed by atoms with E-state index in [2.05, 4.69) is 20.5 Å². The molecule has 24 heavy (non-hydrogen) atoms. The summed E-state index contributed by atoms with van der Waals surface area (Å²) < 4.78 is 0. The number of amides is 2. The van der Waals surface area contributed by atoms with E-state index in [1.54, 1.807) is 37.5 Å². The van der Waals surface area contributed by atoms with Gasteiger partial charge in [-0.2, -0.15) is 5.10 Å². The molecule has 3 rings (SSSR count). The standard InChI is InChI=1S/C16H16N6O2/c1-8(17)10-3-2-9(6-11(10)14(18)23)16(24)21-13-4-5-19-15-12(13)7-20-22-15/h2-8H,17H2,1H3,(H2,18,23)(H2,19,20,21,22,24). The minimum atomic E-state index is -0.627. The highest BCUT2D eigenvalue weighted by molar-refractivity contribution is 6.09. The van der Waals surface area contributed by atoms with E-state index in [0.717, 1.165) is 0 Å². The summed E-state index contributed by atoms with van der Waals surface area (Å²) in [6.45, 7) is 1.74. The Morgan fingerprint density at radius 3 is 2.79 bits per heavy atom. The molecule has 1 unspecified atom stereocenters. The second-order valence-electron chi connectivity index (χ2n) is 5.40. The number of H-pyrrole nitrogens is 1. The first kappa shape index (κ1) is 15.6. The summed E-state index contributed by atoms with van der Waals surface area (Å²) >= 11 is 0. The number of rotatable bonds is 4. The van der Waals surface area contributed by atoms with Gasteiger partial charge < -0.3 is 16.8 Å². The molecule has 8 heteroatoms. The zero-order valence-electron chi connectivity index (χ0n) is 12.9. The maximum Gasteiger partial charge on any atom is 0.255 e. The number of hydrogen-bond acceptors (Lipinski definition) is 5. The molecular formula is C16H16N6O2. The number of carbonyl (C=O) groups excluding carboxylic acids is 2. The van der Waals surface area contributed by atoms with Gasteiger partial charge in [0, 0.05) is 23.4 Å². The second-order valence-corrected chi connectivity index (χ2v) is 5.40. The maximum absolute atomic E-state index is 12.5. The van der Waals surface area contributed by atoms with Gasteiger partial charge in [-0.05, 0) is 30.7 Å². The summed E-state index contributed by atoms with van der Waals surface area (Å²) in [4.78, 5) is 28.2. The van der Waals surface area contributed by atoms with Gasteiger partial charge in [0.15, 0.2) is 5.65 Å². The van der Waals surface area contributed by atoms with Crippen molar-refractivity contribution >= 4 is 28.5 Å². The number of carbonyl (C=O) groups is 2. The third kappa shape index (κ3) is 2.82. The molecule has 2 aromatic heterocycles. The van der Waals surface area contributed by atoms with Crippen molar-refractivity contribution in [3.05, 3.63) is 53.3 Å².